The van der Waals surface area contributed by atoms with Crippen LogP contribution < -0.4 is 6.15 Å². The number of carboxylic acids is 1. The second-order valence-electron chi connectivity index (χ2n) is 1.17. The van der Waals surface area contributed by atoms with E-state index in [1.807, 2.05) is 0 Å². The van der Waals surface area contributed by atoms with Crippen LogP contribution in [0.3, 0.4) is 0 Å². The third-order valence-electron chi connectivity index (χ3n) is 0.528. The summed E-state index contributed by atoms with van der Waals surface area (Å²) < 4.78 is 0. The van der Waals surface area contributed by atoms with Gasteiger partial charge in [-0.25, -0.2) is 0 Å². The van der Waals surface area contributed by atoms with Crippen LogP contribution in [0.5, 0.6) is 0 Å². The number of aliphatic carboxylic acids is 1. The van der Waals surface area contributed by atoms with Crippen molar-refractivity contribution in [2.24, 2.45) is 0 Å². The molecule has 0 heterocycles. The van der Waals surface area contributed by atoms with E-state index in [2.05, 4.69) is 0 Å². The zero-order valence-corrected chi connectivity index (χ0v) is 4.92. The SMILES string of the molecule is C/C=C/CC(=O)O.N. The number of hydrogen-bond acceptors (Lipinski definition) is 2. The molecule has 0 aliphatic rings. The van der Waals surface area contributed by atoms with Crippen LogP contribution in [0.1, 0.15) is 13.3 Å². The maximum absolute atomic E-state index is 9.71. The predicted octanol–water partition coefficient (Wildman–Crippen LogP) is 1.20. The Bertz CT molecular complexity index is 88.4. The van der Waals surface area contributed by atoms with Crippen molar-refractivity contribution in [3.8, 4) is 0 Å². The van der Waals surface area contributed by atoms with E-state index in [0.29, 0.717) is 0 Å². The lowest BCUT2D eigenvalue weighted by Crippen LogP contribution is -1.88. The van der Waals surface area contributed by atoms with Gasteiger partial charge in [-0.1, -0.05) is 12.2 Å². The molecule has 0 aromatic rings. The van der Waals surface area contributed by atoms with Gasteiger partial charge in [0.15, 0.2) is 0 Å². The van der Waals surface area contributed by atoms with E-state index < -0.39 is 5.97 Å². The summed E-state index contributed by atoms with van der Waals surface area (Å²) in [4.78, 5) is 9.71. The van der Waals surface area contributed by atoms with Crippen LogP contribution in [0.15, 0.2) is 12.2 Å². The van der Waals surface area contributed by atoms with Crippen molar-refractivity contribution in [1.82, 2.24) is 6.15 Å². The van der Waals surface area contributed by atoms with Crippen LogP contribution in [-0.2, 0) is 4.79 Å². The van der Waals surface area contributed by atoms with Crippen molar-refractivity contribution < 1.29 is 9.90 Å². The second-order valence-corrected chi connectivity index (χ2v) is 1.17. The van der Waals surface area contributed by atoms with Crippen molar-refractivity contribution in [3.63, 3.8) is 0 Å². The highest BCUT2D eigenvalue weighted by atomic mass is 16.4. The largest absolute Gasteiger partial charge is 0.481 e. The van der Waals surface area contributed by atoms with Crippen LogP contribution in [0.25, 0.3) is 0 Å². The van der Waals surface area contributed by atoms with E-state index in [1.54, 1.807) is 19.1 Å². The molecule has 0 bridgehead atoms. The highest BCUT2D eigenvalue weighted by molar-refractivity contribution is 5.68. The maximum atomic E-state index is 9.71. The minimum atomic E-state index is -0.780. The monoisotopic (exact) mass is 117 g/mol. The van der Waals surface area contributed by atoms with Crippen molar-refractivity contribution in [2.45, 2.75) is 13.3 Å². The Balaban J connectivity index is 0. The molecule has 8 heavy (non-hydrogen) atoms. The third kappa shape index (κ3) is 8.95. The molecular weight excluding hydrogens is 106 g/mol. The molecule has 0 fully saturated rings. The van der Waals surface area contributed by atoms with Gasteiger partial charge in [0.1, 0.15) is 0 Å². The highest BCUT2D eigenvalue weighted by Gasteiger charge is 1.85. The number of allylic oxidation sites excluding steroid dienone is 1. The molecule has 0 aliphatic carbocycles. The fraction of sp³-hybridized carbons (Fsp3) is 0.400. The Morgan fingerprint density at radius 3 is 2.38 bits per heavy atom. The topological polar surface area (TPSA) is 72.3 Å². The summed E-state index contributed by atoms with van der Waals surface area (Å²) in [6, 6.07) is 0. The number of rotatable bonds is 2. The summed E-state index contributed by atoms with van der Waals surface area (Å²) in [6.07, 6.45) is 3.45. The van der Waals surface area contributed by atoms with Crippen molar-refractivity contribution in [3.05, 3.63) is 12.2 Å². The van der Waals surface area contributed by atoms with Crippen LogP contribution in [0.4, 0.5) is 0 Å². The number of carboxylic acid groups (broad SMARTS) is 1. The molecule has 48 valence electrons. The first-order valence-electron chi connectivity index (χ1n) is 2.10. The second kappa shape index (κ2) is 6.17. The molecule has 0 saturated carbocycles. The number of carbonyl (C=O) groups is 1. The fourth-order valence-corrected chi connectivity index (χ4v) is 0.219. The average Bonchev–Trinajstić information content (AvgIpc) is 1.61. The summed E-state index contributed by atoms with van der Waals surface area (Å²) >= 11 is 0. The summed E-state index contributed by atoms with van der Waals surface area (Å²) in [5.41, 5.74) is 0. The lowest BCUT2D eigenvalue weighted by atomic mass is 10.4. The molecule has 4 N–H and O–H groups in total. The summed E-state index contributed by atoms with van der Waals surface area (Å²) in [5.74, 6) is -0.780. The fourth-order valence-electron chi connectivity index (χ4n) is 0.219. The van der Waals surface area contributed by atoms with E-state index in [0.717, 1.165) is 0 Å². The lowest BCUT2D eigenvalue weighted by molar-refractivity contribution is -0.136. The zero-order valence-electron chi connectivity index (χ0n) is 4.92. The third-order valence-corrected chi connectivity index (χ3v) is 0.528. The molecule has 0 spiro atoms. The van der Waals surface area contributed by atoms with Gasteiger partial charge in [-0.2, -0.15) is 0 Å². The van der Waals surface area contributed by atoms with Crippen molar-refractivity contribution in [2.75, 3.05) is 0 Å². The van der Waals surface area contributed by atoms with Gasteiger partial charge in [-0.3, -0.25) is 4.79 Å². The van der Waals surface area contributed by atoms with E-state index in [9.17, 15) is 4.79 Å². The van der Waals surface area contributed by atoms with E-state index >= 15 is 0 Å². The van der Waals surface area contributed by atoms with Crippen LogP contribution >= 0.6 is 0 Å². The first kappa shape index (κ1) is 10.2. The number of hydrogen-bond donors (Lipinski definition) is 2. The molecule has 0 aromatic carbocycles. The summed E-state index contributed by atoms with van der Waals surface area (Å²) in [7, 11) is 0. The van der Waals surface area contributed by atoms with Gasteiger partial charge in [0.2, 0.25) is 0 Å². The van der Waals surface area contributed by atoms with Crippen LogP contribution in [0, 0.1) is 0 Å². The molecule has 0 amide bonds. The Morgan fingerprint density at radius 2 is 2.25 bits per heavy atom. The van der Waals surface area contributed by atoms with Crippen LogP contribution in [-0.4, -0.2) is 11.1 Å². The molecule has 3 heteroatoms. The molecular formula is C5H11NO2. The van der Waals surface area contributed by atoms with Gasteiger partial charge in [0.05, 0.1) is 6.42 Å². The quantitative estimate of drug-likeness (QED) is 0.534. The molecule has 0 aliphatic heterocycles. The normalized spacial score (nSPS) is 8.62. The summed E-state index contributed by atoms with van der Waals surface area (Å²) in [6.45, 7) is 1.79. The Hall–Kier alpha value is -0.830. The Morgan fingerprint density at radius 1 is 1.75 bits per heavy atom. The van der Waals surface area contributed by atoms with Gasteiger partial charge in [0.25, 0.3) is 0 Å². The first-order valence-corrected chi connectivity index (χ1v) is 2.10. The van der Waals surface area contributed by atoms with Gasteiger partial charge < -0.3 is 11.3 Å². The minimum Gasteiger partial charge on any atom is -0.481 e. The zero-order chi connectivity index (χ0) is 5.70. The van der Waals surface area contributed by atoms with Crippen molar-refractivity contribution in [1.29, 1.82) is 0 Å². The summed E-state index contributed by atoms with van der Waals surface area (Å²) in [5, 5.41) is 7.99. The molecule has 0 saturated heterocycles. The maximum Gasteiger partial charge on any atom is 0.307 e. The van der Waals surface area contributed by atoms with Crippen molar-refractivity contribution >= 4 is 5.97 Å². The molecule has 0 aromatic heterocycles. The van der Waals surface area contributed by atoms with Gasteiger partial charge >= 0.3 is 5.97 Å². The predicted molar refractivity (Wildman–Crippen MR) is 32.1 cm³/mol. The smallest absolute Gasteiger partial charge is 0.307 e. The van der Waals surface area contributed by atoms with Gasteiger partial charge in [-0.05, 0) is 6.92 Å². The minimum absolute atomic E-state index is 0. The highest BCUT2D eigenvalue weighted by Crippen LogP contribution is 1.79. The van der Waals surface area contributed by atoms with E-state index in [1.165, 1.54) is 0 Å². The van der Waals surface area contributed by atoms with Gasteiger partial charge in [0, 0.05) is 0 Å². The van der Waals surface area contributed by atoms with E-state index in [-0.39, 0.29) is 12.6 Å². The van der Waals surface area contributed by atoms with Gasteiger partial charge in [-0.15, -0.1) is 0 Å². The molecule has 0 rings (SSSR count). The van der Waals surface area contributed by atoms with E-state index in [4.69, 9.17) is 5.11 Å². The molecule has 3 nitrogen and oxygen atoms in total. The standard InChI is InChI=1S/C5H8O2.H3N/c1-2-3-4-5(6)7;/h2-3H,4H2,1H3,(H,6,7);1H3/b3-2+;. The molecule has 0 atom stereocenters. The van der Waals surface area contributed by atoms with Crippen LogP contribution in [0.2, 0.25) is 0 Å². The average molecular weight is 117 g/mol. The molecule has 0 unspecified atom stereocenters. The first-order chi connectivity index (χ1) is 3.27. The molecule has 0 radical (unpaired) electrons. The lowest BCUT2D eigenvalue weighted by Gasteiger charge is -1.77. The Kier molecular flexibility index (Phi) is 7.88. The Labute approximate surface area is 48.6 Å².